The van der Waals surface area contributed by atoms with Crippen molar-refractivity contribution >= 4 is 12.1 Å². The molecule has 0 amide bonds. The predicted octanol–water partition coefficient (Wildman–Crippen LogP) is 1.70. The Hall–Kier alpha value is -2.26. The summed E-state index contributed by atoms with van der Waals surface area (Å²) in [6.45, 7) is 0. The van der Waals surface area contributed by atoms with Crippen molar-refractivity contribution in [2.45, 2.75) is 0 Å². The van der Waals surface area contributed by atoms with Crippen LogP contribution in [0.15, 0.2) is 39.7 Å². The van der Waals surface area contributed by atoms with Gasteiger partial charge >= 0.3 is 6.01 Å². The molecule has 0 radical (unpaired) electrons. The molecule has 0 fully saturated rings. The lowest BCUT2D eigenvalue weighted by Crippen LogP contribution is -1.75. The maximum Gasteiger partial charge on any atom is 0.353 e. The highest BCUT2D eigenvalue weighted by molar-refractivity contribution is 5.53. The number of carbonyl (C=O) groups excluding carboxylic acids is 1. The third kappa shape index (κ3) is 1.57. The minimum Gasteiger partial charge on any atom is -0.401 e. The summed E-state index contributed by atoms with van der Waals surface area (Å²) < 4.78 is 5.06. The lowest BCUT2D eigenvalue weighted by Gasteiger charge is -1.90. The van der Waals surface area contributed by atoms with Crippen molar-refractivity contribution in [3.8, 4) is 11.5 Å². The Balaban J connectivity index is 2.39. The molecule has 5 heteroatoms. The number of aromatic nitrogens is 2. The molecule has 1 aromatic heterocycles. The molecule has 0 N–H and O–H groups in total. The highest BCUT2D eigenvalue weighted by Crippen LogP contribution is 2.19. The maximum atomic E-state index is 9.90. The van der Waals surface area contributed by atoms with Gasteiger partial charge in [-0.05, 0) is 12.1 Å². The normalized spacial score (nSPS) is 9.43. The first-order chi connectivity index (χ1) is 6.90. The van der Waals surface area contributed by atoms with Gasteiger partial charge in [0.15, 0.2) is 0 Å². The van der Waals surface area contributed by atoms with Crippen LogP contribution in [0.3, 0.4) is 0 Å². The van der Waals surface area contributed by atoms with E-state index in [-0.39, 0.29) is 6.01 Å². The van der Waals surface area contributed by atoms with Crippen molar-refractivity contribution < 1.29 is 9.21 Å². The first-order valence-electron chi connectivity index (χ1n) is 3.87. The van der Waals surface area contributed by atoms with E-state index in [9.17, 15) is 4.79 Å². The summed E-state index contributed by atoms with van der Waals surface area (Å²) in [6, 6.07) is 9.14. The molecular weight excluding hydrogens is 182 g/mol. The molecule has 0 spiro atoms. The number of hydrogen-bond donors (Lipinski definition) is 0. The lowest BCUT2D eigenvalue weighted by molar-refractivity contribution is 0.555. The Bertz CT molecular complexity index is 472. The zero-order valence-corrected chi connectivity index (χ0v) is 7.04. The van der Waals surface area contributed by atoms with Crippen molar-refractivity contribution in [1.82, 2.24) is 10.2 Å². The van der Waals surface area contributed by atoms with E-state index < -0.39 is 0 Å². The third-order valence-electron chi connectivity index (χ3n) is 1.58. The van der Waals surface area contributed by atoms with Gasteiger partial charge in [-0.15, -0.1) is 10.1 Å². The largest absolute Gasteiger partial charge is 0.401 e. The lowest BCUT2D eigenvalue weighted by atomic mass is 10.2. The van der Waals surface area contributed by atoms with Crippen molar-refractivity contribution in [2.75, 3.05) is 0 Å². The Morgan fingerprint density at radius 2 is 2.00 bits per heavy atom. The van der Waals surface area contributed by atoms with E-state index >= 15 is 0 Å². The van der Waals surface area contributed by atoms with E-state index in [0.29, 0.717) is 5.89 Å². The fourth-order valence-electron chi connectivity index (χ4n) is 0.997. The van der Waals surface area contributed by atoms with E-state index in [2.05, 4.69) is 15.2 Å². The van der Waals surface area contributed by atoms with Gasteiger partial charge in [0.25, 0.3) is 0 Å². The molecule has 2 rings (SSSR count). The number of nitrogens with zero attached hydrogens (tertiary/aromatic N) is 3. The molecule has 14 heavy (non-hydrogen) atoms. The van der Waals surface area contributed by atoms with E-state index in [1.807, 2.05) is 30.3 Å². The number of isocyanates is 1. The van der Waals surface area contributed by atoms with Gasteiger partial charge in [-0.3, -0.25) is 0 Å². The second-order valence-corrected chi connectivity index (χ2v) is 2.46. The topological polar surface area (TPSA) is 68.3 Å². The minimum atomic E-state index is -0.0844. The summed E-state index contributed by atoms with van der Waals surface area (Å²) in [4.78, 5) is 13.1. The summed E-state index contributed by atoms with van der Waals surface area (Å²) in [6.07, 6.45) is 1.33. The van der Waals surface area contributed by atoms with Gasteiger partial charge in [0.05, 0.1) is 0 Å². The van der Waals surface area contributed by atoms with E-state index in [4.69, 9.17) is 4.42 Å². The SMILES string of the molecule is O=C=Nc1nnc(-c2ccccc2)o1. The molecule has 0 unspecified atom stereocenters. The van der Waals surface area contributed by atoms with Crippen LogP contribution in [-0.2, 0) is 4.79 Å². The molecule has 1 aromatic carbocycles. The molecule has 0 saturated carbocycles. The van der Waals surface area contributed by atoms with Crippen LogP contribution >= 0.6 is 0 Å². The van der Waals surface area contributed by atoms with Gasteiger partial charge in [0.2, 0.25) is 12.0 Å². The van der Waals surface area contributed by atoms with Crippen molar-refractivity contribution in [3.63, 3.8) is 0 Å². The van der Waals surface area contributed by atoms with Crippen LogP contribution in [0.5, 0.6) is 0 Å². The monoisotopic (exact) mass is 187 g/mol. The number of hydrogen-bond acceptors (Lipinski definition) is 5. The molecule has 0 aliphatic heterocycles. The summed E-state index contributed by atoms with van der Waals surface area (Å²) in [5.74, 6) is 0.333. The van der Waals surface area contributed by atoms with Crippen molar-refractivity contribution in [2.24, 2.45) is 4.99 Å². The van der Waals surface area contributed by atoms with Gasteiger partial charge in [0.1, 0.15) is 0 Å². The van der Waals surface area contributed by atoms with Crippen molar-refractivity contribution in [1.29, 1.82) is 0 Å². The summed E-state index contributed by atoms with van der Waals surface area (Å²) in [5.41, 5.74) is 0.785. The van der Waals surface area contributed by atoms with Gasteiger partial charge < -0.3 is 4.42 Å². The molecule has 0 bridgehead atoms. The molecule has 5 nitrogen and oxygen atoms in total. The molecule has 0 saturated heterocycles. The molecular formula is C9H5N3O2. The number of benzene rings is 1. The molecule has 1 heterocycles. The minimum absolute atomic E-state index is 0.0844. The van der Waals surface area contributed by atoms with Crippen LogP contribution in [-0.4, -0.2) is 16.3 Å². The summed E-state index contributed by atoms with van der Waals surface area (Å²) >= 11 is 0. The summed E-state index contributed by atoms with van der Waals surface area (Å²) in [7, 11) is 0. The van der Waals surface area contributed by atoms with Gasteiger partial charge in [0, 0.05) is 5.56 Å². The predicted molar refractivity (Wildman–Crippen MR) is 47.5 cm³/mol. The van der Waals surface area contributed by atoms with Crippen molar-refractivity contribution in [3.05, 3.63) is 30.3 Å². The molecule has 0 aliphatic rings. The average Bonchev–Trinajstić information content (AvgIpc) is 2.68. The Labute approximate surface area is 79.1 Å². The fourth-order valence-corrected chi connectivity index (χ4v) is 0.997. The van der Waals surface area contributed by atoms with E-state index in [1.54, 1.807) is 0 Å². The van der Waals surface area contributed by atoms with Gasteiger partial charge in [-0.1, -0.05) is 23.3 Å². The molecule has 2 aromatic rings. The average molecular weight is 187 g/mol. The molecule has 0 atom stereocenters. The van der Waals surface area contributed by atoms with E-state index in [0.717, 1.165) is 5.56 Å². The maximum absolute atomic E-state index is 9.90. The number of aliphatic imine (C=N–C) groups is 1. The highest BCUT2D eigenvalue weighted by atomic mass is 16.4. The van der Waals surface area contributed by atoms with Crippen LogP contribution < -0.4 is 0 Å². The zero-order chi connectivity index (χ0) is 9.80. The van der Waals surface area contributed by atoms with E-state index in [1.165, 1.54) is 6.08 Å². The first-order valence-corrected chi connectivity index (χ1v) is 3.87. The standard InChI is InChI=1S/C9H5N3O2/c13-6-10-9-12-11-8(14-9)7-4-2-1-3-5-7/h1-5H. The molecule has 68 valence electrons. The Morgan fingerprint density at radius 1 is 1.21 bits per heavy atom. The third-order valence-corrected chi connectivity index (χ3v) is 1.58. The molecule has 0 aliphatic carbocycles. The van der Waals surface area contributed by atoms with Gasteiger partial charge in [-0.25, -0.2) is 4.79 Å². The summed E-state index contributed by atoms with van der Waals surface area (Å²) in [5, 5.41) is 7.25. The van der Waals surface area contributed by atoms with Crippen LogP contribution in [0.2, 0.25) is 0 Å². The Morgan fingerprint density at radius 3 is 2.71 bits per heavy atom. The smallest absolute Gasteiger partial charge is 0.353 e. The zero-order valence-electron chi connectivity index (χ0n) is 7.04. The Kier molecular flexibility index (Phi) is 2.17. The second kappa shape index (κ2) is 3.64. The quantitative estimate of drug-likeness (QED) is 0.530. The van der Waals surface area contributed by atoms with Crippen LogP contribution in [0.25, 0.3) is 11.5 Å². The first kappa shape index (κ1) is 8.34. The number of rotatable bonds is 2. The second-order valence-electron chi connectivity index (χ2n) is 2.46. The highest BCUT2D eigenvalue weighted by Gasteiger charge is 2.05. The van der Waals surface area contributed by atoms with Crippen LogP contribution in [0.4, 0.5) is 6.01 Å². The van der Waals surface area contributed by atoms with Gasteiger partial charge in [-0.2, -0.15) is 0 Å². The van der Waals surface area contributed by atoms with Crippen LogP contribution in [0, 0.1) is 0 Å². The van der Waals surface area contributed by atoms with Crippen LogP contribution in [0.1, 0.15) is 0 Å². The fraction of sp³-hybridized carbons (Fsp3) is 0.